The fraction of sp³-hybridized carbons (Fsp3) is 0.231. The molecule has 6 nitrogen and oxygen atoms in total. The molecule has 3 aromatic rings. The summed E-state index contributed by atoms with van der Waals surface area (Å²) in [7, 11) is 0. The Morgan fingerprint density at radius 1 is 1.20 bits per heavy atom. The minimum Gasteiger partial charge on any atom is -0.239 e. The van der Waals surface area contributed by atoms with Crippen molar-refractivity contribution in [2.45, 2.75) is 18.6 Å². The second kappa shape index (κ2) is 4.22. The number of halogens is 1. The Labute approximate surface area is 113 Å². The zero-order valence-corrected chi connectivity index (χ0v) is 10.5. The lowest BCUT2D eigenvalue weighted by atomic mass is 10.0. The molecule has 2 aromatic heterocycles. The first-order chi connectivity index (χ1) is 9.83. The third kappa shape index (κ3) is 1.63. The Balaban J connectivity index is 1.79. The number of alkyl halides is 1. The minimum absolute atomic E-state index is 0.119. The first-order valence-corrected chi connectivity index (χ1v) is 6.33. The lowest BCUT2D eigenvalue weighted by Crippen LogP contribution is -2.08. The molecule has 0 radical (unpaired) electrons. The van der Waals surface area contributed by atoms with Crippen LogP contribution in [0.1, 0.15) is 30.0 Å². The first-order valence-electron chi connectivity index (χ1n) is 6.33. The van der Waals surface area contributed by atoms with Gasteiger partial charge in [-0.05, 0) is 5.56 Å². The summed E-state index contributed by atoms with van der Waals surface area (Å²) in [5.74, 6) is 0.699. The average molecular weight is 270 g/mol. The molecule has 0 aliphatic carbocycles. The van der Waals surface area contributed by atoms with Crippen LogP contribution in [-0.2, 0) is 0 Å². The molecule has 0 fully saturated rings. The summed E-state index contributed by atoms with van der Waals surface area (Å²) in [6.07, 6.45) is 2.16. The van der Waals surface area contributed by atoms with Crippen LogP contribution in [-0.4, -0.2) is 29.5 Å². The van der Waals surface area contributed by atoms with E-state index in [9.17, 15) is 4.39 Å². The zero-order chi connectivity index (χ0) is 13.5. The van der Waals surface area contributed by atoms with Crippen molar-refractivity contribution in [3.05, 3.63) is 54.4 Å². The van der Waals surface area contributed by atoms with Crippen molar-refractivity contribution in [3.63, 3.8) is 0 Å². The van der Waals surface area contributed by atoms with E-state index < -0.39 is 6.17 Å². The smallest absolute Gasteiger partial charge is 0.239 e. The Morgan fingerprint density at radius 2 is 2.05 bits per heavy atom. The molecule has 20 heavy (non-hydrogen) atoms. The van der Waals surface area contributed by atoms with E-state index in [2.05, 4.69) is 20.2 Å². The molecule has 0 N–H and O–H groups in total. The van der Waals surface area contributed by atoms with Gasteiger partial charge in [0.25, 0.3) is 5.95 Å². The first kappa shape index (κ1) is 11.3. The van der Waals surface area contributed by atoms with Crippen molar-refractivity contribution in [2.24, 2.45) is 0 Å². The second-order valence-corrected chi connectivity index (χ2v) is 4.68. The van der Waals surface area contributed by atoms with Crippen molar-refractivity contribution in [3.8, 4) is 5.95 Å². The highest BCUT2D eigenvalue weighted by molar-refractivity contribution is 5.25. The summed E-state index contributed by atoms with van der Waals surface area (Å²) >= 11 is 0. The number of aromatic nitrogens is 6. The van der Waals surface area contributed by atoms with E-state index >= 15 is 0 Å². The number of hydrogen-bond acceptors (Lipinski definition) is 4. The Morgan fingerprint density at radius 3 is 2.80 bits per heavy atom. The number of hydrogen-bond donors (Lipinski definition) is 0. The van der Waals surface area contributed by atoms with Crippen LogP contribution in [0.5, 0.6) is 0 Å². The summed E-state index contributed by atoms with van der Waals surface area (Å²) < 4.78 is 17.2. The highest BCUT2D eigenvalue weighted by Crippen LogP contribution is 2.39. The van der Waals surface area contributed by atoms with E-state index in [1.54, 1.807) is 4.68 Å². The molecule has 0 saturated carbocycles. The third-order valence-electron chi connectivity index (χ3n) is 3.46. The molecule has 0 spiro atoms. The van der Waals surface area contributed by atoms with Crippen LogP contribution in [0, 0.1) is 0 Å². The molecule has 4 rings (SSSR count). The molecular formula is C13H11FN6. The van der Waals surface area contributed by atoms with Gasteiger partial charge < -0.3 is 0 Å². The molecule has 7 heteroatoms. The van der Waals surface area contributed by atoms with Gasteiger partial charge in [0.2, 0.25) is 0 Å². The maximum atomic E-state index is 14.1. The van der Waals surface area contributed by atoms with Gasteiger partial charge in [-0.1, -0.05) is 30.3 Å². The molecular weight excluding hydrogens is 259 g/mol. The Hall–Kier alpha value is -2.57. The molecule has 1 aliphatic rings. The van der Waals surface area contributed by atoms with Crippen LogP contribution in [0.15, 0.2) is 43.0 Å². The SMILES string of the molecule is F[C@H]1C[C@@H](c2ccccc2)n2nc(-n3cncn3)nc21. The number of nitrogens with zero attached hydrogens (tertiary/aromatic N) is 6. The molecule has 100 valence electrons. The van der Waals surface area contributed by atoms with Crippen molar-refractivity contribution < 1.29 is 4.39 Å². The maximum Gasteiger partial charge on any atom is 0.271 e. The van der Waals surface area contributed by atoms with Crippen LogP contribution in [0.4, 0.5) is 4.39 Å². The van der Waals surface area contributed by atoms with E-state index in [1.165, 1.54) is 17.3 Å². The lowest BCUT2D eigenvalue weighted by molar-refractivity contribution is 0.328. The fourth-order valence-corrected chi connectivity index (χ4v) is 2.53. The summed E-state index contributed by atoms with van der Waals surface area (Å²) in [5.41, 5.74) is 1.03. The van der Waals surface area contributed by atoms with Gasteiger partial charge in [-0.25, -0.2) is 14.1 Å². The van der Waals surface area contributed by atoms with Gasteiger partial charge in [-0.3, -0.25) is 0 Å². The molecule has 2 atom stereocenters. The summed E-state index contributed by atoms with van der Waals surface area (Å²) in [6, 6.07) is 9.65. The summed E-state index contributed by atoms with van der Waals surface area (Å²) in [5, 5.41) is 8.33. The van der Waals surface area contributed by atoms with Crippen molar-refractivity contribution in [2.75, 3.05) is 0 Å². The fourth-order valence-electron chi connectivity index (χ4n) is 2.53. The van der Waals surface area contributed by atoms with Gasteiger partial charge in [0, 0.05) is 6.42 Å². The van der Waals surface area contributed by atoms with Crippen LogP contribution >= 0.6 is 0 Å². The van der Waals surface area contributed by atoms with Crippen LogP contribution in [0.2, 0.25) is 0 Å². The molecule has 0 amide bonds. The maximum absolute atomic E-state index is 14.1. The van der Waals surface area contributed by atoms with Gasteiger partial charge >= 0.3 is 0 Å². The van der Waals surface area contributed by atoms with Crippen molar-refractivity contribution in [1.82, 2.24) is 29.5 Å². The van der Waals surface area contributed by atoms with Crippen molar-refractivity contribution in [1.29, 1.82) is 0 Å². The number of fused-ring (bicyclic) bond motifs is 1. The van der Waals surface area contributed by atoms with E-state index in [-0.39, 0.29) is 6.04 Å². The molecule has 1 aromatic carbocycles. The largest absolute Gasteiger partial charge is 0.271 e. The van der Waals surface area contributed by atoms with E-state index in [0.29, 0.717) is 18.2 Å². The predicted molar refractivity (Wildman–Crippen MR) is 68.0 cm³/mol. The zero-order valence-electron chi connectivity index (χ0n) is 10.5. The quantitative estimate of drug-likeness (QED) is 0.713. The van der Waals surface area contributed by atoms with Crippen LogP contribution < -0.4 is 0 Å². The molecule has 0 unspecified atom stereocenters. The predicted octanol–water partition coefficient (Wildman–Crippen LogP) is 1.86. The summed E-state index contributed by atoms with van der Waals surface area (Å²) in [6.45, 7) is 0. The van der Waals surface area contributed by atoms with Crippen molar-refractivity contribution >= 4 is 0 Å². The highest BCUT2D eigenvalue weighted by atomic mass is 19.1. The summed E-state index contributed by atoms with van der Waals surface area (Å²) in [4.78, 5) is 8.07. The van der Waals surface area contributed by atoms with Gasteiger partial charge in [0.15, 0.2) is 12.0 Å². The monoisotopic (exact) mass is 270 g/mol. The van der Waals surface area contributed by atoms with E-state index in [0.717, 1.165) is 5.56 Å². The minimum atomic E-state index is -1.11. The second-order valence-electron chi connectivity index (χ2n) is 4.68. The third-order valence-corrected chi connectivity index (χ3v) is 3.46. The standard InChI is InChI=1S/C13H11FN6/c14-10-6-11(9-4-2-1-3-5-9)20-12(10)17-13(18-20)19-8-15-7-16-19/h1-5,7-8,10-11H,6H2/t10-,11-/m0/s1. The van der Waals surface area contributed by atoms with E-state index in [1.807, 2.05) is 30.3 Å². The normalized spacial score (nSPS) is 21.1. The van der Waals surface area contributed by atoms with Gasteiger partial charge in [0.05, 0.1) is 6.04 Å². The average Bonchev–Trinajstić information content (AvgIpc) is 3.17. The number of rotatable bonds is 2. The Bertz CT molecular complexity index is 721. The van der Waals surface area contributed by atoms with Gasteiger partial charge in [0.1, 0.15) is 12.7 Å². The van der Waals surface area contributed by atoms with E-state index in [4.69, 9.17) is 0 Å². The topological polar surface area (TPSA) is 61.4 Å². The van der Waals surface area contributed by atoms with Gasteiger partial charge in [-0.15, -0.1) is 5.10 Å². The van der Waals surface area contributed by atoms with Gasteiger partial charge in [-0.2, -0.15) is 14.8 Å². The van der Waals surface area contributed by atoms with Crippen LogP contribution in [0.3, 0.4) is 0 Å². The molecule has 1 aliphatic heterocycles. The lowest BCUT2D eigenvalue weighted by Gasteiger charge is -2.11. The van der Waals surface area contributed by atoms with Crippen LogP contribution in [0.25, 0.3) is 5.95 Å². The highest BCUT2D eigenvalue weighted by Gasteiger charge is 2.35. The Kier molecular flexibility index (Phi) is 2.38. The molecule has 0 saturated heterocycles. The molecule has 0 bridgehead atoms. The number of benzene rings is 1. The molecule has 3 heterocycles.